The van der Waals surface area contributed by atoms with Gasteiger partial charge in [-0.15, -0.1) is 0 Å². The van der Waals surface area contributed by atoms with E-state index in [4.69, 9.17) is 0 Å². The molecule has 0 radical (unpaired) electrons. The molecule has 104 valence electrons. The second-order valence-electron chi connectivity index (χ2n) is 5.94. The second kappa shape index (κ2) is 5.53. The first-order valence-electron chi connectivity index (χ1n) is 7.38. The van der Waals surface area contributed by atoms with Crippen LogP contribution in [0.15, 0.2) is 22.7 Å². The molecule has 3 heteroatoms. The van der Waals surface area contributed by atoms with Crippen molar-refractivity contribution in [2.24, 2.45) is 17.8 Å². The molecule has 19 heavy (non-hydrogen) atoms. The highest BCUT2D eigenvalue weighted by Gasteiger charge is 2.55. The summed E-state index contributed by atoms with van der Waals surface area (Å²) in [4.78, 5) is 0. The summed E-state index contributed by atoms with van der Waals surface area (Å²) in [6.45, 7) is 3.11. The van der Waals surface area contributed by atoms with Gasteiger partial charge in [0.15, 0.2) is 0 Å². The topological polar surface area (TPSA) is 12.0 Å². The van der Waals surface area contributed by atoms with Gasteiger partial charge in [0.2, 0.25) is 0 Å². The molecule has 2 aliphatic rings. The van der Waals surface area contributed by atoms with E-state index in [0.29, 0.717) is 6.04 Å². The van der Waals surface area contributed by atoms with Crippen LogP contribution in [0.25, 0.3) is 0 Å². The van der Waals surface area contributed by atoms with Crippen LogP contribution in [-0.4, -0.2) is 12.6 Å². The van der Waals surface area contributed by atoms with E-state index in [0.717, 1.165) is 40.8 Å². The third kappa shape index (κ3) is 2.73. The average molecular weight is 326 g/mol. The standard InChI is InChI=1S/C16H21BrFN/c1-2-19-15(16-12-4-3-5-13(12)16)9-10-8-11(17)6-7-14(10)18/h6-8,12-13,15-16,19H,2-5,9H2,1H3. The highest BCUT2D eigenvalue weighted by molar-refractivity contribution is 9.10. The molecule has 3 unspecified atom stereocenters. The Morgan fingerprint density at radius 1 is 1.37 bits per heavy atom. The number of hydrogen-bond donors (Lipinski definition) is 1. The van der Waals surface area contributed by atoms with E-state index in [2.05, 4.69) is 28.2 Å². The Labute approximate surface area is 123 Å². The van der Waals surface area contributed by atoms with Crippen LogP contribution in [0.3, 0.4) is 0 Å². The van der Waals surface area contributed by atoms with Crippen LogP contribution in [0.4, 0.5) is 4.39 Å². The summed E-state index contributed by atoms with van der Waals surface area (Å²) in [6, 6.07) is 5.71. The molecular formula is C16H21BrFN. The fourth-order valence-electron chi connectivity index (χ4n) is 4.02. The number of rotatable bonds is 5. The van der Waals surface area contributed by atoms with Crippen LogP contribution in [0.5, 0.6) is 0 Å². The minimum atomic E-state index is -0.0723. The quantitative estimate of drug-likeness (QED) is 0.857. The molecule has 1 aromatic rings. The van der Waals surface area contributed by atoms with Gasteiger partial charge in [0.05, 0.1) is 0 Å². The molecule has 0 aromatic heterocycles. The molecule has 0 aliphatic heterocycles. The molecule has 1 aromatic carbocycles. The Bertz CT molecular complexity index is 452. The van der Waals surface area contributed by atoms with Crippen LogP contribution in [0.2, 0.25) is 0 Å². The summed E-state index contributed by atoms with van der Waals surface area (Å²) in [7, 11) is 0. The minimum Gasteiger partial charge on any atom is -0.314 e. The summed E-state index contributed by atoms with van der Waals surface area (Å²) in [5, 5.41) is 3.59. The van der Waals surface area contributed by atoms with Gasteiger partial charge in [-0.2, -0.15) is 0 Å². The van der Waals surface area contributed by atoms with E-state index < -0.39 is 0 Å². The molecule has 0 spiro atoms. The zero-order valence-electron chi connectivity index (χ0n) is 11.3. The maximum absolute atomic E-state index is 13.9. The van der Waals surface area contributed by atoms with Gasteiger partial charge in [-0.25, -0.2) is 4.39 Å². The summed E-state index contributed by atoms with van der Waals surface area (Å²) >= 11 is 3.44. The van der Waals surface area contributed by atoms with E-state index in [-0.39, 0.29) is 5.82 Å². The molecular weight excluding hydrogens is 305 g/mol. The van der Waals surface area contributed by atoms with Crippen molar-refractivity contribution in [3.8, 4) is 0 Å². The monoisotopic (exact) mass is 325 g/mol. The normalized spacial score (nSPS) is 30.2. The van der Waals surface area contributed by atoms with Gasteiger partial charge in [-0.05, 0) is 67.3 Å². The predicted octanol–water partition coefficient (Wildman–Crippen LogP) is 4.15. The Kier molecular flexibility index (Phi) is 3.95. The SMILES string of the molecule is CCNC(Cc1cc(Br)ccc1F)C1C2CCCC21. The van der Waals surface area contributed by atoms with Crippen LogP contribution >= 0.6 is 15.9 Å². The van der Waals surface area contributed by atoms with Crippen molar-refractivity contribution in [1.29, 1.82) is 0 Å². The Morgan fingerprint density at radius 2 is 2.11 bits per heavy atom. The Hall–Kier alpha value is -0.410. The molecule has 3 rings (SSSR count). The van der Waals surface area contributed by atoms with E-state index >= 15 is 0 Å². The maximum atomic E-state index is 13.9. The summed E-state index contributed by atoms with van der Waals surface area (Å²) in [5.74, 6) is 2.54. The van der Waals surface area contributed by atoms with E-state index in [1.807, 2.05) is 6.07 Å². The van der Waals surface area contributed by atoms with Gasteiger partial charge in [0, 0.05) is 10.5 Å². The van der Waals surface area contributed by atoms with E-state index in [1.54, 1.807) is 12.1 Å². The highest BCUT2D eigenvalue weighted by Crippen LogP contribution is 2.59. The first-order chi connectivity index (χ1) is 9.20. The number of fused-ring (bicyclic) bond motifs is 1. The highest BCUT2D eigenvalue weighted by atomic mass is 79.9. The lowest BCUT2D eigenvalue weighted by atomic mass is 9.97. The average Bonchev–Trinajstić information content (AvgIpc) is 2.86. The Morgan fingerprint density at radius 3 is 2.79 bits per heavy atom. The zero-order chi connectivity index (χ0) is 13.4. The van der Waals surface area contributed by atoms with Gasteiger partial charge in [0.1, 0.15) is 5.82 Å². The first-order valence-corrected chi connectivity index (χ1v) is 8.17. The molecule has 0 heterocycles. The number of benzene rings is 1. The molecule has 0 bridgehead atoms. The number of halogens is 2. The van der Waals surface area contributed by atoms with Crippen molar-refractivity contribution in [2.45, 2.75) is 38.6 Å². The van der Waals surface area contributed by atoms with Crippen molar-refractivity contribution >= 4 is 15.9 Å². The van der Waals surface area contributed by atoms with Crippen molar-refractivity contribution < 1.29 is 4.39 Å². The van der Waals surface area contributed by atoms with Gasteiger partial charge in [-0.3, -0.25) is 0 Å². The van der Waals surface area contributed by atoms with Crippen LogP contribution < -0.4 is 5.32 Å². The van der Waals surface area contributed by atoms with Crippen molar-refractivity contribution in [3.05, 3.63) is 34.1 Å². The number of nitrogens with one attached hydrogen (secondary N) is 1. The van der Waals surface area contributed by atoms with Crippen molar-refractivity contribution in [3.63, 3.8) is 0 Å². The molecule has 2 fully saturated rings. The van der Waals surface area contributed by atoms with Gasteiger partial charge >= 0.3 is 0 Å². The molecule has 3 atom stereocenters. The fourth-order valence-corrected chi connectivity index (χ4v) is 4.43. The maximum Gasteiger partial charge on any atom is 0.126 e. The smallest absolute Gasteiger partial charge is 0.126 e. The molecule has 1 N–H and O–H groups in total. The molecule has 0 saturated heterocycles. The Balaban J connectivity index is 1.72. The minimum absolute atomic E-state index is 0.0723. The van der Waals surface area contributed by atoms with Crippen molar-refractivity contribution in [1.82, 2.24) is 5.32 Å². The summed E-state index contributed by atoms with van der Waals surface area (Å²) in [6.07, 6.45) is 4.99. The van der Waals surface area contributed by atoms with Crippen LogP contribution in [0.1, 0.15) is 31.7 Å². The molecule has 1 nitrogen and oxygen atoms in total. The molecule has 0 amide bonds. The lowest BCUT2D eigenvalue weighted by Crippen LogP contribution is -2.34. The fraction of sp³-hybridized carbons (Fsp3) is 0.625. The predicted molar refractivity (Wildman–Crippen MR) is 79.6 cm³/mol. The second-order valence-corrected chi connectivity index (χ2v) is 6.86. The molecule has 2 aliphatic carbocycles. The van der Waals surface area contributed by atoms with E-state index in [9.17, 15) is 4.39 Å². The number of likely N-dealkylation sites (N-methyl/N-ethyl adjacent to an activating group) is 1. The summed E-state index contributed by atoms with van der Waals surface area (Å²) < 4.78 is 14.9. The van der Waals surface area contributed by atoms with Gasteiger partial charge in [0.25, 0.3) is 0 Å². The first kappa shape index (κ1) is 13.6. The van der Waals surface area contributed by atoms with Crippen molar-refractivity contribution in [2.75, 3.05) is 6.54 Å². The van der Waals surface area contributed by atoms with Crippen LogP contribution in [0, 0.1) is 23.6 Å². The lowest BCUT2D eigenvalue weighted by Gasteiger charge is -2.20. The molecule has 2 saturated carbocycles. The van der Waals surface area contributed by atoms with Crippen LogP contribution in [-0.2, 0) is 6.42 Å². The van der Waals surface area contributed by atoms with E-state index in [1.165, 1.54) is 19.3 Å². The lowest BCUT2D eigenvalue weighted by molar-refractivity contribution is 0.406. The zero-order valence-corrected chi connectivity index (χ0v) is 12.9. The third-order valence-electron chi connectivity index (χ3n) is 4.85. The van der Waals surface area contributed by atoms with Gasteiger partial charge < -0.3 is 5.32 Å². The summed E-state index contributed by atoms with van der Waals surface area (Å²) in [5.41, 5.74) is 0.838. The number of hydrogen-bond acceptors (Lipinski definition) is 1. The third-order valence-corrected chi connectivity index (χ3v) is 5.34. The van der Waals surface area contributed by atoms with Gasteiger partial charge in [-0.1, -0.05) is 29.3 Å². The largest absolute Gasteiger partial charge is 0.314 e.